The highest BCUT2D eigenvalue weighted by atomic mass is 19.2. The van der Waals surface area contributed by atoms with E-state index in [1.165, 1.54) is 6.07 Å². The molecule has 2 aromatic carbocycles. The summed E-state index contributed by atoms with van der Waals surface area (Å²) in [5, 5.41) is 7.03. The fraction of sp³-hybridized carbons (Fsp3) is 0.250. The van der Waals surface area contributed by atoms with Gasteiger partial charge < -0.3 is 15.6 Å². The zero-order valence-electron chi connectivity index (χ0n) is 14.5. The quantitative estimate of drug-likeness (QED) is 0.607. The Morgan fingerprint density at radius 2 is 1.96 bits per heavy atom. The predicted molar refractivity (Wildman–Crippen MR) is 97.8 cm³/mol. The Morgan fingerprint density at radius 3 is 2.77 bits per heavy atom. The van der Waals surface area contributed by atoms with E-state index >= 15 is 0 Å². The lowest BCUT2D eigenvalue weighted by Crippen LogP contribution is -2.36. The van der Waals surface area contributed by atoms with Gasteiger partial charge in [-0.2, -0.15) is 0 Å². The first-order valence-corrected chi connectivity index (χ1v) is 8.54. The van der Waals surface area contributed by atoms with Crippen molar-refractivity contribution in [3.8, 4) is 0 Å². The summed E-state index contributed by atoms with van der Waals surface area (Å²) in [4.78, 5) is 15.2. The lowest BCUT2D eigenvalue weighted by Gasteiger charge is -2.14. The second kappa shape index (κ2) is 8.10. The number of carbonyl (C=O) groups excluding carboxylic acids is 1. The highest BCUT2D eigenvalue weighted by Crippen LogP contribution is 2.18. The van der Waals surface area contributed by atoms with Gasteiger partial charge in [-0.3, -0.25) is 4.79 Å². The molecule has 26 heavy (non-hydrogen) atoms. The van der Waals surface area contributed by atoms with Crippen LogP contribution in [-0.2, 0) is 11.2 Å². The predicted octanol–water partition coefficient (Wildman–Crippen LogP) is 3.46. The van der Waals surface area contributed by atoms with Gasteiger partial charge in [-0.05, 0) is 42.7 Å². The van der Waals surface area contributed by atoms with Crippen molar-refractivity contribution in [1.29, 1.82) is 0 Å². The van der Waals surface area contributed by atoms with Crippen molar-refractivity contribution in [3.63, 3.8) is 0 Å². The van der Waals surface area contributed by atoms with Crippen LogP contribution in [0.3, 0.4) is 0 Å². The Kier molecular flexibility index (Phi) is 5.63. The topological polar surface area (TPSA) is 56.9 Å². The van der Waals surface area contributed by atoms with Crippen LogP contribution in [0.15, 0.2) is 48.7 Å². The molecule has 1 atom stereocenters. The van der Waals surface area contributed by atoms with Gasteiger partial charge in [0, 0.05) is 29.7 Å². The van der Waals surface area contributed by atoms with Crippen LogP contribution in [0.4, 0.5) is 8.78 Å². The van der Waals surface area contributed by atoms with Gasteiger partial charge in [0.15, 0.2) is 11.6 Å². The van der Waals surface area contributed by atoms with Crippen LogP contribution < -0.4 is 10.6 Å². The minimum atomic E-state index is -0.890. The number of hydrogen-bond acceptors (Lipinski definition) is 2. The summed E-state index contributed by atoms with van der Waals surface area (Å²) in [7, 11) is 0. The van der Waals surface area contributed by atoms with Gasteiger partial charge in [-0.15, -0.1) is 0 Å². The SMILES string of the molecule is C[C@H](NCC(=O)NCCc1c[nH]c2ccccc12)c1ccc(F)c(F)c1. The van der Waals surface area contributed by atoms with E-state index in [1.807, 2.05) is 30.5 Å². The molecule has 0 aliphatic heterocycles. The Labute approximate surface area is 150 Å². The van der Waals surface area contributed by atoms with Crippen molar-refractivity contribution in [2.24, 2.45) is 0 Å². The number of para-hydroxylation sites is 1. The molecule has 6 heteroatoms. The second-order valence-corrected chi connectivity index (χ2v) is 6.24. The zero-order chi connectivity index (χ0) is 18.5. The molecule has 0 saturated carbocycles. The normalized spacial score (nSPS) is 12.3. The van der Waals surface area contributed by atoms with Crippen LogP contribution in [0.1, 0.15) is 24.1 Å². The van der Waals surface area contributed by atoms with E-state index in [9.17, 15) is 13.6 Å². The van der Waals surface area contributed by atoms with Gasteiger partial charge in [0.1, 0.15) is 0 Å². The molecule has 1 heterocycles. The number of halogens is 2. The maximum atomic E-state index is 13.3. The largest absolute Gasteiger partial charge is 0.361 e. The molecule has 136 valence electrons. The number of aromatic nitrogens is 1. The number of fused-ring (bicyclic) bond motifs is 1. The molecule has 0 aliphatic carbocycles. The first-order chi connectivity index (χ1) is 12.5. The monoisotopic (exact) mass is 357 g/mol. The molecule has 0 saturated heterocycles. The van der Waals surface area contributed by atoms with Gasteiger partial charge in [0.2, 0.25) is 5.91 Å². The van der Waals surface area contributed by atoms with E-state index in [-0.39, 0.29) is 18.5 Å². The number of carbonyl (C=O) groups is 1. The first kappa shape index (κ1) is 18.1. The molecule has 3 N–H and O–H groups in total. The van der Waals surface area contributed by atoms with E-state index in [0.29, 0.717) is 12.1 Å². The molecular formula is C20H21F2N3O. The first-order valence-electron chi connectivity index (χ1n) is 8.54. The van der Waals surface area contributed by atoms with E-state index in [0.717, 1.165) is 35.0 Å². The van der Waals surface area contributed by atoms with E-state index in [2.05, 4.69) is 15.6 Å². The number of aromatic amines is 1. The third-order valence-corrected chi connectivity index (χ3v) is 4.40. The zero-order valence-corrected chi connectivity index (χ0v) is 14.5. The third-order valence-electron chi connectivity index (χ3n) is 4.40. The molecule has 0 unspecified atom stereocenters. The maximum Gasteiger partial charge on any atom is 0.233 e. The van der Waals surface area contributed by atoms with Gasteiger partial charge in [-0.1, -0.05) is 24.3 Å². The Balaban J connectivity index is 1.44. The van der Waals surface area contributed by atoms with Gasteiger partial charge in [-0.25, -0.2) is 8.78 Å². The molecule has 0 fully saturated rings. The summed E-state index contributed by atoms with van der Waals surface area (Å²) in [5.41, 5.74) is 2.83. The van der Waals surface area contributed by atoms with E-state index in [4.69, 9.17) is 0 Å². The third kappa shape index (κ3) is 4.26. The van der Waals surface area contributed by atoms with Gasteiger partial charge in [0.25, 0.3) is 0 Å². The standard InChI is InChI=1S/C20H21F2N3O/c1-13(14-6-7-17(21)18(22)10-14)24-12-20(26)23-9-8-15-11-25-19-5-3-2-4-16(15)19/h2-7,10-11,13,24-25H,8-9,12H2,1H3,(H,23,26)/t13-/m0/s1. The highest BCUT2D eigenvalue weighted by Gasteiger charge is 2.11. The molecule has 1 aromatic heterocycles. The van der Waals surface area contributed by atoms with Gasteiger partial charge in [0.05, 0.1) is 6.54 Å². The van der Waals surface area contributed by atoms with E-state index in [1.54, 1.807) is 6.92 Å². The Bertz CT molecular complexity index is 907. The smallest absolute Gasteiger partial charge is 0.233 e. The number of rotatable bonds is 7. The summed E-state index contributed by atoms with van der Waals surface area (Å²) < 4.78 is 26.2. The van der Waals surface area contributed by atoms with Crippen LogP contribution >= 0.6 is 0 Å². The molecule has 3 rings (SSSR count). The van der Waals surface area contributed by atoms with Gasteiger partial charge >= 0.3 is 0 Å². The molecule has 1 amide bonds. The fourth-order valence-electron chi connectivity index (χ4n) is 2.88. The maximum absolute atomic E-state index is 13.3. The fourth-order valence-corrected chi connectivity index (χ4v) is 2.88. The Hall–Kier alpha value is -2.73. The molecule has 0 radical (unpaired) electrons. The molecule has 4 nitrogen and oxygen atoms in total. The summed E-state index contributed by atoms with van der Waals surface area (Å²) in [6, 6.07) is 11.5. The van der Waals surface area contributed by atoms with Crippen molar-refractivity contribution in [1.82, 2.24) is 15.6 Å². The number of hydrogen-bond donors (Lipinski definition) is 3. The lowest BCUT2D eigenvalue weighted by molar-refractivity contribution is -0.120. The van der Waals surface area contributed by atoms with Crippen LogP contribution in [0.25, 0.3) is 10.9 Å². The average molecular weight is 357 g/mol. The molecule has 0 bridgehead atoms. The van der Waals surface area contributed by atoms with Crippen molar-refractivity contribution >= 4 is 16.8 Å². The summed E-state index contributed by atoms with van der Waals surface area (Å²) in [6.45, 7) is 2.43. The van der Waals surface area contributed by atoms with Crippen LogP contribution in [0, 0.1) is 11.6 Å². The number of nitrogens with one attached hydrogen (secondary N) is 3. The highest BCUT2D eigenvalue weighted by molar-refractivity contribution is 5.83. The van der Waals surface area contributed by atoms with Crippen molar-refractivity contribution in [3.05, 3.63) is 71.4 Å². The minimum Gasteiger partial charge on any atom is -0.361 e. The average Bonchev–Trinajstić information content (AvgIpc) is 3.05. The van der Waals surface area contributed by atoms with E-state index < -0.39 is 11.6 Å². The van der Waals surface area contributed by atoms with Crippen molar-refractivity contribution in [2.45, 2.75) is 19.4 Å². The summed E-state index contributed by atoms with van der Waals surface area (Å²) in [6.07, 6.45) is 2.69. The van der Waals surface area contributed by atoms with Crippen LogP contribution in [-0.4, -0.2) is 24.0 Å². The van der Waals surface area contributed by atoms with Crippen LogP contribution in [0.5, 0.6) is 0 Å². The lowest BCUT2D eigenvalue weighted by atomic mass is 10.1. The molecule has 0 aliphatic rings. The Morgan fingerprint density at radius 1 is 1.15 bits per heavy atom. The van der Waals surface area contributed by atoms with Crippen molar-refractivity contribution < 1.29 is 13.6 Å². The molecule has 0 spiro atoms. The van der Waals surface area contributed by atoms with Crippen molar-refractivity contribution in [2.75, 3.05) is 13.1 Å². The number of H-pyrrole nitrogens is 1. The summed E-state index contributed by atoms with van der Waals surface area (Å²) >= 11 is 0. The minimum absolute atomic E-state index is 0.105. The summed E-state index contributed by atoms with van der Waals surface area (Å²) in [5.74, 6) is -1.91. The molecule has 3 aromatic rings. The van der Waals surface area contributed by atoms with Crippen LogP contribution in [0.2, 0.25) is 0 Å². The molecular weight excluding hydrogens is 336 g/mol. The number of amides is 1. The second-order valence-electron chi connectivity index (χ2n) is 6.24. The number of benzene rings is 2.